The third-order valence-corrected chi connectivity index (χ3v) is 6.08. The maximum Gasteiger partial charge on any atom is 0.262 e. The Hall–Kier alpha value is -4.13. The van der Waals surface area contributed by atoms with Crippen LogP contribution in [0.2, 0.25) is 0 Å². The van der Waals surface area contributed by atoms with Gasteiger partial charge in [-0.05, 0) is 73.4 Å². The first-order valence-electron chi connectivity index (χ1n) is 12.1. The lowest BCUT2D eigenvalue weighted by atomic mass is 10.1. The molecule has 2 N–H and O–H groups in total. The van der Waals surface area contributed by atoms with E-state index in [4.69, 9.17) is 4.74 Å². The number of nitrogens with one attached hydrogen (secondary N) is 2. The largest absolute Gasteiger partial charge is 0.484 e. The molecule has 36 heavy (non-hydrogen) atoms. The first kappa shape index (κ1) is 25.0. The molecule has 1 heterocycles. The smallest absolute Gasteiger partial charge is 0.262 e. The van der Waals surface area contributed by atoms with Crippen LogP contribution in [0.25, 0.3) is 0 Å². The Bertz CT molecular complexity index is 1200. The van der Waals surface area contributed by atoms with Crippen molar-refractivity contribution in [2.24, 2.45) is 5.92 Å². The summed E-state index contributed by atoms with van der Waals surface area (Å²) in [6.45, 7) is 4.71. The molecule has 1 atom stereocenters. The van der Waals surface area contributed by atoms with Crippen LogP contribution in [-0.2, 0) is 20.8 Å². The number of anilines is 2. The summed E-state index contributed by atoms with van der Waals surface area (Å²) in [5.74, 6) is -0.287. The molecule has 1 unspecified atom stereocenters. The van der Waals surface area contributed by atoms with Crippen LogP contribution in [0, 0.1) is 19.8 Å². The predicted molar refractivity (Wildman–Crippen MR) is 140 cm³/mol. The summed E-state index contributed by atoms with van der Waals surface area (Å²) in [4.78, 5) is 39.0. The average molecular weight is 486 g/mol. The van der Waals surface area contributed by atoms with Gasteiger partial charge < -0.3 is 20.3 Å². The SMILES string of the molecule is Cc1cc(C)cc(NC(=O)COc2ccc(N3CC(C(=O)NCCc4ccccc4)CC3=O)cc2)c1. The molecule has 4 rings (SSSR count). The quantitative estimate of drug-likeness (QED) is 0.479. The minimum absolute atomic E-state index is 0.0836. The number of amides is 3. The molecule has 3 aromatic rings. The van der Waals surface area contributed by atoms with Gasteiger partial charge in [-0.1, -0.05) is 36.4 Å². The summed E-state index contributed by atoms with van der Waals surface area (Å²) in [6.07, 6.45) is 0.940. The van der Waals surface area contributed by atoms with Crippen molar-refractivity contribution in [3.8, 4) is 5.75 Å². The van der Waals surface area contributed by atoms with Crippen LogP contribution in [0.1, 0.15) is 23.1 Å². The van der Waals surface area contributed by atoms with E-state index in [1.165, 1.54) is 0 Å². The van der Waals surface area contributed by atoms with Crippen molar-refractivity contribution in [2.75, 3.05) is 29.9 Å². The van der Waals surface area contributed by atoms with Crippen molar-refractivity contribution in [3.05, 3.63) is 89.5 Å². The lowest BCUT2D eigenvalue weighted by molar-refractivity contribution is -0.126. The summed E-state index contributed by atoms with van der Waals surface area (Å²) >= 11 is 0. The third kappa shape index (κ3) is 6.72. The van der Waals surface area contributed by atoms with Crippen LogP contribution in [0.15, 0.2) is 72.8 Å². The number of aryl methyl sites for hydroxylation is 2. The average Bonchev–Trinajstić information content (AvgIpc) is 3.25. The number of benzene rings is 3. The number of hydrogen-bond acceptors (Lipinski definition) is 4. The van der Waals surface area contributed by atoms with E-state index in [0.717, 1.165) is 28.8 Å². The molecule has 1 aliphatic heterocycles. The van der Waals surface area contributed by atoms with Gasteiger partial charge in [0.05, 0.1) is 5.92 Å². The lowest BCUT2D eigenvalue weighted by Crippen LogP contribution is -2.34. The van der Waals surface area contributed by atoms with Crippen molar-refractivity contribution >= 4 is 29.1 Å². The van der Waals surface area contributed by atoms with Crippen molar-refractivity contribution in [1.82, 2.24) is 5.32 Å². The summed E-state index contributed by atoms with van der Waals surface area (Å²) in [7, 11) is 0. The number of hydrogen-bond donors (Lipinski definition) is 2. The van der Waals surface area contributed by atoms with Gasteiger partial charge in [-0.15, -0.1) is 0 Å². The second-order valence-electron chi connectivity index (χ2n) is 9.14. The van der Waals surface area contributed by atoms with Crippen LogP contribution in [0.5, 0.6) is 5.75 Å². The van der Waals surface area contributed by atoms with Gasteiger partial charge in [-0.3, -0.25) is 14.4 Å². The van der Waals surface area contributed by atoms with Crippen LogP contribution in [0.3, 0.4) is 0 Å². The fourth-order valence-corrected chi connectivity index (χ4v) is 4.37. The topological polar surface area (TPSA) is 87.7 Å². The maximum absolute atomic E-state index is 12.6. The monoisotopic (exact) mass is 485 g/mol. The second kappa shape index (κ2) is 11.5. The van der Waals surface area contributed by atoms with Crippen molar-refractivity contribution < 1.29 is 19.1 Å². The molecule has 0 radical (unpaired) electrons. The van der Waals surface area contributed by atoms with Crippen molar-refractivity contribution in [1.29, 1.82) is 0 Å². The Morgan fingerprint density at radius 1 is 0.972 bits per heavy atom. The van der Waals surface area contributed by atoms with Gasteiger partial charge in [0.15, 0.2) is 6.61 Å². The van der Waals surface area contributed by atoms with E-state index in [1.54, 1.807) is 29.2 Å². The number of carbonyl (C=O) groups is 3. The van der Waals surface area contributed by atoms with Crippen molar-refractivity contribution in [2.45, 2.75) is 26.7 Å². The van der Waals surface area contributed by atoms with Gasteiger partial charge in [-0.2, -0.15) is 0 Å². The van der Waals surface area contributed by atoms with Gasteiger partial charge in [-0.25, -0.2) is 0 Å². The van der Waals surface area contributed by atoms with Gasteiger partial charge >= 0.3 is 0 Å². The van der Waals surface area contributed by atoms with Gasteiger partial charge in [0, 0.05) is 30.9 Å². The molecule has 0 aliphatic carbocycles. The summed E-state index contributed by atoms with van der Waals surface area (Å²) in [5.41, 5.74) is 4.75. The zero-order chi connectivity index (χ0) is 25.5. The minimum Gasteiger partial charge on any atom is -0.484 e. The molecule has 0 spiro atoms. The molecular weight excluding hydrogens is 454 g/mol. The van der Waals surface area contributed by atoms with E-state index in [0.29, 0.717) is 24.5 Å². The summed E-state index contributed by atoms with van der Waals surface area (Å²) in [6, 6.07) is 22.8. The highest BCUT2D eigenvalue weighted by molar-refractivity contribution is 6.00. The molecule has 7 nitrogen and oxygen atoms in total. The molecule has 0 saturated carbocycles. The van der Waals surface area contributed by atoms with Crippen LogP contribution < -0.4 is 20.3 Å². The van der Waals surface area contributed by atoms with Gasteiger partial charge in [0.25, 0.3) is 5.91 Å². The standard InChI is InChI=1S/C29H31N3O4/c1-20-14-21(2)16-24(15-20)31-27(33)19-36-26-10-8-25(9-11-26)32-18-23(17-28(32)34)29(35)30-13-12-22-6-4-3-5-7-22/h3-11,14-16,23H,12-13,17-19H2,1-2H3,(H,30,35)(H,31,33). The lowest BCUT2D eigenvalue weighted by Gasteiger charge is -2.17. The molecule has 0 bridgehead atoms. The van der Waals surface area contributed by atoms with E-state index in [9.17, 15) is 14.4 Å². The highest BCUT2D eigenvalue weighted by Crippen LogP contribution is 2.27. The molecule has 0 aromatic heterocycles. The predicted octanol–water partition coefficient (Wildman–Crippen LogP) is 4.03. The maximum atomic E-state index is 12.6. The third-order valence-electron chi connectivity index (χ3n) is 6.08. The Labute approximate surface area is 211 Å². The molecule has 186 valence electrons. The number of ether oxygens (including phenoxy) is 1. The minimum atomic E-state index is -0.377. The van der Waals surface area contributed by atoms with Gasteiger partial charge in [0.1, 0.15) is 5.75 Å². The zero-order valence-corrected chi connectivity index (χ0v) is 20.6. The molecule has 1 fully saturated rings. The highest BCUT2D eigenvalue weighted by Gasteiger charge is 2.34. The fraction of sp³-hybridized carbons (Fsp3) is 0.276. The van der Waals surface area contributed by atoms with Gasteiger partial charge in [0.2, 0.25) is 11.8 Å². The van der Waals surface area contributed by atoms with E-state index >= 15 is 0 Å². The second-order valence-corrected chi connectivity index (χ2v) is 9.14. The van der Waals surface area contributed by atoms with Crippen LogP contribution in [0.4, 0.5) is 11.4 Å². The fourth-order valence-electron chi connectivity index (χ4n) is 4.37. The summed E-state index contributed by atoms with van der Waals surface area (Å²) < 4.78 is 5.61. The molecular formula is C29H31N3O4. The molecule has 3 aromatic carbocycles. The zero-order valence-electron chi connectivity index (χ0n) is 20.6. The van der Waals surface area contributed by atoms with Crippen molar-refractivity contribution in [3.63, 3.8) is 0 Å². The van der Waals surface area contributed by atoms with E-state index in [1.807, 2.05) is 62.4 Å². The van der Waals surface area contributed by atoms with E-state index in [2.05, 4.69) is 10.6 Å². The van der Waals surface area contributed by atoms with Crippen LogP contribution >= 0.6 is 0 Å². The highest BCUT2D eigenvalue weighted by atomic mass is 16.5. The molecule has 1 saturated heterocycles. The number of carbonyl (C=O) groups excluding carboxylic acids is 3. The Kier molecular flexibility index (Phi) is 8.00. The first-order chi connectivity index (χ1) is 17.4. The summed E-state index contributed by atoms with van der Waals surface area (Å²) in [5, 5.41) is 5.79. The Balaban J connectivity index is 1.24. The Morgan fingerprint density at radius 3 is 2.36 bits per heavy atom. The van der Waals surface area contributed by atoms with Crippen LogP contribution in [-0.4, -0.2) is 37.4 Å². The normalized spacial score (nSPS) is 15.0. The Morgan fingerprint density at radius 2 is 1.67 bits per heavy atom. The molecule has 7 heteroatoms. The number of rotatable bonds is 9. The molecule has 3 amide bonds. The number of nitrogens with zero attached hydrogens (tertiary/aromatic N) is 1. The van der Waals surface area contributed by atoms with E-state index in [-0.39, 0.29) is 36.7 Å². The molecule has 1 aliphatic rings. The van der Waals surface area contributed by atoms with E-state index < -0.39 is 0 Å². The first-order valence-corrected chi connectivity index (χ1v) is 12.1.